The van der Waals surface area contributed by atoms with Gasteiger partial charge < -0.3 is 14.5 Å². The molecular weight excluding hydrogens is 246 g/mol. The van der Waals surface area contributed by atoms with Crippen molar-refractivity contribution in [1.82, 2.24) is 5.32 Å². The molecule has 0 saturated heterocycles. The monoisotopic (exact) mass is 259 g/mol. The molecule has 1 aromatic carbocycles. The zero-order chi connectivity index (χ0) is 13.7. The summed E-state index contributed by atoms with van der Waals surface area (Å²) < 4.78 is 10.0. The number of para-hydroxylation sites is 1. The molecule has 0 aliphatic rings. The fourth-order valence-corrected chi connectivity index (χ4v) is 1.48. The number of carbonyl (C=O) groups excluding carboxylic acids is 2. The molecule has 2 rings (SSSR count). The maximum Gasteiger partial charge on any atom is 0.330 e. The van der Waals surface area contributed by atoms with Gasteiger partial charge in [0, 0.05) is 0 Å². The molecule has 1 aromatic heterocycles. The Balaban J connectivity index is 1.86. The Morgan fingerprint density at radius 1 is 1.21 bits per heavy atom. The lowest BCUT2D eigenvalue weighted by atomic mass is 10.2. The quantitative estimate of drug-likeness (QED) is 0.672. The van der Waals surface area contributed by atoms with E-state index in [4.69, 9.17) is 9.15 Å². The van der Waals surface area contributed by atoms with E-state index in [1.165, 1.54) is 12.3 Å². The Morgan fingerprint density at radius 2 is 2.00 bits per heavy atom. The first-order chi connectivity index (χ1) is 9.16. The van der Waals surface area contributed by atoms with Crippen LogP contribution < -0.4 is 10.1 Å². The Hall–Kier alpha value is -2.56. The number of nitrogens with one attached hydrogen (secondary N) is 1. The lowest BCUT2D eigenvalue weighted by Gasteiger charge is -2.07. The van der Waals surface area contributed by atoms with Gasteiger partial charge in [0.15, 0.2) is 5.76 Å². The number of carbonyl (C=O) groups is 2. The highest BCUT2D eigenvalue weighted by Crippen LogP contribution is 2.15. The Labute approximate surface area is 110 Å². The molecule has 0 bridgehead atoms. The molecule has 1 N–H and O–H groups in total. The van der Waals surface area contributed by atoms with Crippen molar-refractivity contribution >= 4 is 11.9 Å². The molecule has 0 aliphatic heterocycles. The number of benzene rings is 1. The lowest BCUT2D eigenvalue weighted by molar-refractivity contribution is -0.133. The zero-order valence-electron chi connectivity index (χ0n) is 10.4. The number of esters is 1. The van der Waals surface area contributed by atoms with Crippen molar-refractivity contribution in [3.05, 3.63) is 54.0 Å². The Kier molecular flexibility index (Phi) is 3.97. The van der Waals surface area contributed by atoms with Gasteiger partial charge in [-0.25, -0.2) is 4.79 Å². The molecule has 2 aromatic rings. The molecule has 0 saturated carbocycles. The highest BCUT2D eigenvalue weighted by Gasteiger charge is 2.12. The van der Waals surface area contributed by atoms with Crippen molar-refractivity contribution in [2.75, 3.05) is 6.54 Å². The summed E-state index contributed by atoms with van der Waals surface area (Å²) >= 11 is 0. The summed E-state index contributed by atoms with van der Waals surface area (Å²) in [5.41, 5.74) is 0.855. The number of hydrogen-bond acceptors (Lipinski definition) is 4. The third-order valence-electron chi connectivity index (χ3n) is 2.46. The number of amides is 1. The molecule has 1 amide bonds. The average molecular weight is 259 g/mol. The third-order valence-corrected chi connectivity index (χ3v) is 2.46. The van der Waals surface area contributed by atoms with Crippen molar-refractivity contribution in [2.24, 2.45) is 0 Å². The van der Waals surface area contributed by atoms with Crippen LogP contribution in [0.5, 0.6) is 5.75 Å². The minimum atomic E-state index is -0.533. The molecule has 0 unspecified atom stereocenters. The standard InChI is InChI=1S/C14H13NO4/c1-10-5-2-3-6-11(10)19-13(16)9-15-14(17)12-7-4-8-18-12/h2-8H,9H2,1H3,(H,15,17). The van der Waals surface area contributed by atoms with Gasteiger partial charge in [0.2, 0.25) is 0 Å². The van der Waals surface area contributed by atoms with Gasteiger partial charge in [-0.1, -0.05) is 18.2 Å². The van der Waals surface area contributed by atoms with E-state index in [0.717, 1.165) is 5.56 Å². The van der Waals surface area contributed by atoms with E-state index in [-0.39, 0.29) is 12.3 Å². The molecule has 0 aliphatic carbocycles. The molecule has 19 heavy (non-hydrogen) atoms. The van der Waals surface area contributed by atoms with E-state index in [0.29, 0.717) is 5.75 Å². The van der Waals surface area contributed by atoms with Crippen LogP contribution in [-0.4, -0.2) is 18.4 Å². The second kappa shape index (κ2) is 5.86. The normalized spacial score (nSPS) is 9.95. The molecule has 98 valence electrons. The van der Waals surface area contributed by atoms with Gasteiger partial charge in [-0.3, -0.25) is 4.79 Å². The van der Waals surface area contributed by atoms with Crippen molar-refractivity contribution in [3.8, 4) is 5.75 Å². The van der Waals surface area contributed by atoms with E-state index in [9.17, 15) is 9.59 Å². The first-order valence-corrected chi connectivity index (χ1v) is 5.75. The molecule has 1 heterocycles. The highest BCUT2D eigenvalue weighted by molar-refractivity contribution is 5.93. The summed E-state index contributed by atoms with van der Waals surface area (Å²) in [6.07, 6.45) is 1.39. The van der Waals surface area contributed by atoms with E-state index in [2.05, 4.69) is 5.32 Å². The van der Waals surface area contributed by atoms with E-state index in [1.54, 1.807) is 18.2 Å². The van der Waals surface area contributed by atoms with Crippen molar-refractivity contribution < 1.29 is 18.7 Å². The van der Waals surface area contributed by atoms with Gasteiger partial charge >= 0.3 is 5.97 Å². The first-order valence-electron chi connectivity index (χ1n) is 5.75. The molecule has 0 atom stereocenters. The van der Waals surface area contributed by atoms with Crippen molar-refractivity contribution in [1.29, 1.82) is 0 Å². The lowest BCUT2D eigenvalue weighted by Crippen LogP contribution is -2.31. The van der Waals surface area contributed by atoms with Crippen LogP contribution in [-0.2, 0) is 4.79 Å². The second-order valence-electron chi connectivity index (χ2n) is 3.90. The molecule has 0 fully saturated rings. The zero-order valence-corrected chi connectivity index (χ0v) is 10.4. The minimum Gasteiger partial charge on any atom is -0.459 e. The maximum atomic E-state index is 11.6. The fraction of sp³-hybridized carbons (Fsp3) is 0.143. The predicted molar refractivity (Wildman–Crippen MR) is 67.9 cm³/mol. The third kappa shape index (κ3) is 3.45. The van der Waals surface area contributed by atoms with Gasteiger partial charge in [-0.05, 0) is 30.7 Å². The van der Waals surface area contributed by atoms with Crippen LogP contribution >= 0.6 is 0 Å². The predicted octanol–water partition coefficient (Wildman–Crippen LogP) is 1.92. The van der Waals surface area contributed by atoms with Gasteiger partial charge in [0.25, 0.3) is 5.91 Å². The fourth-order valence-electron chi connectivity index (χ4n) is 1.48. The van der Waals surface area contributed by atoms with Crippen LogP contribution in [0, 0.1) is 6.92 Å². The summed E-state index contributed by atoms with van der Waals surface area (Å²) in [6.45, 7) is 1.62. The Bertz CT molecular complexity index is 575. The topological polar surface area (TPSA) is 68.5 Å². The largest absolute Gasteiger partial charge is 0.459 e. The van der Waals surface area contributed by atoms with Gasteiger partial charge in [-0.15, -0.1) is 0 Å². The number of aryl methyl sites for hydroxylation is 1. The van der Waals surface area contributed by atoms with Gasteiger partial charge in [0.1, 0.15) is 12.3 Å². The maximum absolute atomic E-state index is 11.6. The van der Waals surface area contributed by atoms with Crippen molar-refractivity contribution in [2.45, 2.75) is 6.92 Å². The molecular formula is C14H13NO4. The van der Waals surface area contributed by atoms with Gasteiger partial charge in [-0.2, -0.15) is 0 Å². The van der Waals surface area contributed by atoms with E-state index in [1.807, 2.05) is 19.1 Å². The number of ether oxygens (including phenoxy) is 1. The van der Waals surface area contributed by atoms with Gasteiger partial charge in [0.05, 0.1) is 6.26 Å². The molecule has 5 nitrogen and oxygen atoms in total. The van der Waals surface area contributed by atoms with Crippen LogP contribution in [0.2, 0.25) is 0 Å². The van der Waals surface area contributed by atoms with Crippen molar-refractivity contribution in [3.63, 3.8) is 0 Å². The smallest absolute Gasteiger partial charge is 0.330 e. The van der Waals surface area contributed by atoms with Crippen LogP contribution in [0.25, 0.3) is 0 Å². The van der Waals surface area contributed by atoms with Crippen LogP contribution in [0.3, 0.4) is 0 Å². The summed E-state index contributed by atoms with van der Waals surface area (Å²) in [5.74, 6) is -0.343. The minimum absolute atomic E-state index is 0.156. The second-order valence-corrected chi connectivity index (χ2v) is 3.90. The van der Waals surface area contributed by atoms with E-state index >= 15 is 0 Å². The van der Waals surface area contributed by atoms with Crippen LogP contribution in [0.4, 0.5) is 0 Å². The highest BCUT2D eigenvalue weighted by atomic mass is 16.5. The molecule has 0 radical (unpaired) electrons. The van der Waals surface area contributed by atoms with E-state index < -0.39 is 11.9 Å². The average Bonchev–Trinajstić information content (AvgIpc) is 2.93. The summed E-state index contributed by atoms with van der Waals surface area (Å²) in [5, 5.41) is 2.42. The first kappa shape index (κ1) is 12.9. The summed E-state index contributed by atoms with van der Waals surface area (Å²) in [6, 6.07) is 10.3. The SMILES string of the molecule is Cc1ccccc1OC(=O)CNC(=O)c1ccco1. The summed E-state index contributed by atoms with van der Waals surface area (Å²) in [4.78, 5) is 23.1. The number of furan rings is 1. The van der Waals surface area contributed by atoms with Crippen LogP contribution in [0.1, 0.15) is 16.1 Å². The molecule has 0 spiro atoms. The van der Waals surface area contributed by atoms with Crippen LogP contribution in [0.15, 0.2) is 47.1 Å². The Morgan fingerprint density at radius 3 is 2.68 bits per heavy atom. The molecule has 5 heteroatoms. The number of rotatable bonds is 4. The number of hydrogen-bond donors (Lipinski definition) is 1. The summed E-state index contributed by atoms with van der Waals surface area (Å²) in [7, 11) is 0.